The highest BCUT2D eigenvalue weighted by molar-refractivity contribution is 6.31. The van der Waals surface area contributed by atoms with Gasteiger partial charge in [-0.1, -0.05) is 48.9 Å². The number of carbonyl (C=O) groups excluding carboxylic acids is 2. The van der Waals surface area contributed by atoms with Crippen LogP contribution in [0.3, 0.4) is 0 Å². The van der Waals surface area contributed by atoms with Crippen LogP contribution in [0.5, 0.6) is 5.75 Å². The molecule has 0 radical (unpaired) electrons. The molecule has 6 heteroatoms. The molecule has 2 aromatic rings. The number of carbonyl (C=O) groups is 2. The van der Waals surface area contributed by atoms with Gasteiger partial charge in [0.2, 0.25) is 11.8 Å². The summed E-state index contributed by atoms with van der Waals surface area (Å²) in [6.07, 6.45) is 1.13. The minimum atomic E-state index is -0.594. The van der Waals surface area contributed by atoms with Crippen LogP contribution >= 0.6 is 11.6 Å². The first kappa shape index (κ1) is 21.8. The fraction of sp³-hybridized carbons (Fsp3) is 0.364. The number of methoxy groups -OCH3 is 1. The second kappa shape index (κ2) is 10.7. The molecule has 2 rings (SSSR count). The van der Waals surface area contributed by atoms with Gasteiger partial charge in [-0.25, -0.2) is 0 Å². The Balaban J connectivity index is 2.08. The van der Waals surface area contributed by atoms with Crippen LogP contribution in [0, 0.1) is 0 Å². The molecule has 0 fully saturated rings. The van der Waals surface area contributed by atoms with E-state index in [1.807, 2.05) is 49.4 Å². The first-order chi connectivity index (χ1) is 13.5. The molecule has 28 heavy (non-hydrogen) atoms. The number of rotatable bonds is 9. The maximum atomic E-state index is 12.7. The molecule has 5 nitrogen and oxygen atoms in total. The van der Waals surface area contributed by atoms with E-state index >= 15 is 0 Å². The van der Waals surface area contributed by atoms with Gasteiger partial charge in [0.15, 0.2) is 0 Å². The zero-order valence-electron chi connectivity index (χ0n) is 16.6. The van der Waals surface area contributed by atoms with E-state index in [1.165, 1.54) is 0 Å². The van der Waals surface area contributed by atoms with Crippen molar-refractivity contribution in [3.8, 4) is 5.75 Å². The average Bonchev–Trinajstić information content (AvgIpc) is 2.71. The minimum absolute atomic E-state index is 0.0429. The number of ether oxygens (including phenoxy) is 1. The fourth-order valence-electron chi connectivity index (χ4n) is 2.84. The van der Waals surface area contributed by atoms with E-state index in [-0.39, 0.29) is 11.8 Å². The average molecular weight is 403 g/mol. The molecule has 2 aromatic carbocycles. The molecule has 0 aliphatic rings. The molecular weight excluding hydrogens is 376 g/mol. The minimum Gasteiger partial charge on any atom is -0.497 e. The van der Waals surface area contributed by atoms with Crippen molar-refractivity contribution in [3.05, 3.63) is 64.7 Å². The summed E-state index contributed by atoms with van der Waals surface area (Å²) in [4.78, 5) is 27.0. The summed E-state index contributed by atoms with van der Waals surface area (Å²) >= 11 is 6.15. The van der Waals surface area contributed by atoms with Gasteiger partial charge in [0.1, 0.15) is 11.8 Å². The number of benzene rings is 2. The molecular formula is C22H27ClN2O3. The Kier molecular flexibility index (Phi) is 8.33. The normalized spacial score (nSPS) is 11.6. The second-order valence-corrected chi connectivity index (χ2v) is 7.01. The number of amides is 2. The highest BCUT2D eigenvalue weighted by Crippen LogP contribution is 2.17. The van der Waals surface area contributed by atoms with E-state index in [1.54, 1.807) is 25.0 Å². The molecule has 0 aliphatic carbocycles. The first-order valence-electron chi connectivity index (χ1n) is 9.39. The van der Waals surface area contributed by atoms with E-state index in [4.69, 9.17) is 16.3 Å². The van der Waals surface area contributed by atoms with Gasteiger partial charge in [0.25, 0.3) is 0 Å². The third kappa shape index (κ3) is 5.99. The van der Waals surface area contributed by atoms with Crippen LogP contribution < -0.4 is 10.1 Å². The SMILES string of the molecule is CCCC(=O)N(Cc1ccc(OC)cc1)[C@H](C)C(=O)NCc1ccccc1Cl. The Bertz CT molecular complexity index is 793. The van der Waals surface area contributed by atoms with Crippen molar-refractivity contribution in [2.24, 2.45) is 0 Å². The van der Waals surface area contributed by atoms with Gasteiger partial charge >= 0.3 is 0 Å². The van der Waals surface area contributed by atoms with Crippen molar-refractivity contribution in [2.45, 2.75) is 45.8 Å². The monoisotopic (exact) mass is 402 g/mol. The lowest BCUT2D eigenvalue weighted by Gasteiger charge is -2.29. The predicted molar refractivity (Wildman–Crippen MR) is 111 cm³/mol. The van der Waals surface area contributed by atoms with Crippen molar-refractivity contribution >= 4 is 23.4 Å². The number of nitrogens with zero attached hydrogens (tertiary/aromatic N) is 1. The summed E-state index contributed by atoms with van der Waals surface area (Å²) in [5.74, 6) is 0.498. The van der Waals surface area contributed by atoms with Gasteiger partial charge in [-0.15, -0.1) is 0 Å². The zero-order valence-corrected chi connectivity index (χ0v) is 17.3. The van der Waals surface area contributed by atoms with Crippen molar-refractivity contribution in [3.63, 3.8) is 0 Å². The molecule has 1 N–H and O–H groups in total. The van der Waals surface area contributed by atoms with E-state index in [2.05, 4.69) is 5.32 Å². The lowest BCUT2D eigenvalue weighted by molar-refractivity contribution is -0.140. The lowest BCUT2D eigenvalue weighted by atomic mass is 10.1. The summed E-state index contributed by atoms with van der Waals surface area (Å²) in [6.45, 7) is 4.38. The van der Waals surface area contributed by atoms with E-state index < -0.39 is 6.04 Å². The number of halogens is 1. The summed E-state index contributed by atoms with van der Waals surface area (Å²) in [5, 5.41) is 3.49. The van der Waals surface area contributed by atoms with Crippen LogP contribution in [0.2, 0.25) is 5.02 Å². The molecule has 2 amide bonds. The molecule has 0 heterocycles. The maximum Gasteiger partial charge on any atom is 0.242 e. The molecule has 0 unspecified atom stereocenters. The summed E-state index contributed by atoms with van der Waals surface area (Å²) in [7, 11) is 1.61. The fourth-order valence-corrected chi connectivity index (χ4v) is 3.04. The molecule has 0 saturated heterocycles. The number of hydrogen-bond donors (Lipinski definition) is 1. The Hall–Kier alpha value is -2.53. The molecule has 0 bridgehead atoms. The van der Waals surface area contributed by atoms with Gasteiger partial charge in [-0.3, -0.25) is 9.59 Å². The second-order valence-electron chi connectivity index (χ2n) is 6.60. The topological polar surface area (TPSA) is 58.6 Å². The van der Waals surface area contributed by atoms with Crippen LogP contribution in [-0.2, 0) is 22.7 Å². The Morgan fingerprint density at radius 3 is 2.43 bits per heavy atom. The maximum absolute atomic E-state index is 12.7. The summed E-state index contributed by atoms with van der Waals surface area (Å²) in [5.41, 5.74) is 1.78. The molecule has 0 aromatic heterocycles. The molecule has 0 spiro atoms. The highest BCUT2D eigenvalue weighted by atomic mass is 35.5. The van der Waals surface area contributed by atoms with Crippen molar-refractivity contribution in [1.82, 2.24) is 10.2 Å². The molecule has 1 atom stereocenters. The van der Waals surface area contributed by atoms with Gasteiger partial charge < -0.3 is 15.0 Å². The van der Waals surface area contributed by atoms with Gasteiger partial charge in [0, 0.05) is 24.5 Å². The van der Waals surface area contributed by atoms with Crippen molar-refractivity contribution in [2.75, 3.05) is 7.11 Å². The van der Waals surface area contributed by atoms with E-state index in [0.717, 1.165) is 23.3 Å². The molecule has 0 saturated carbocycles. The summed E-state index contributed by atoms with van der Waals surface area (Å²) in [6, 6.07) is 14.3. The number of nitrogens with one attached hydrogen (secondary N) is 1. The van der Waals surface area contributed by atoms with Crippen LogP contribution in [0.25, 0.3) is 0 Å². The van der Waals surface area contributed by atoms with Crippen LogP contribution in [-0.4, -0.2) is 29.9 Å². The predicted octanol–water partition coefficient (Wildman–Crippen LogP) is 4.18. The van der Waals surface area contributed by atoms with Gasteiger partial charge in [-0.05, 0) is 42.7 Å². The largest absolute Gasteiger partial charge is 0.497 e. The third-order valence-corrected chi connectivity index (χ3v) is 4.92. The smallest absolute Gasteiger partial charge is 0.242 e. The Labute approximate surface area is 171 Å². The van der Waals surface area contributed by atoms with Crippen LogP contribution in [0.1, 0.15) is 37.8 Å². The molecule has 150 valence electrons. The molecule has 0 aliphatic heterocycles. The van der Waals surface area contributed by atoms with Crippen molar-refractivity contribution in [1.29, 1.82) is 0 Å². The highest BCUT2D eigenvalue weighted by Gasteiger charge is 2.25. The van der Waals surface area contributed by atoms with Gasteiger partial charge in [0.05, 0.1) is 7.11 Å². The van der Waals surface area contributed by atoms with Crippen molar-refractivity contribution < 1.29 is 14.3 Å². The van der Waals surface area contributed by atoms with Gasteiger partial charge in [-0.2, -0.15) is 0 Å². The Morgan fingerprint density at radius 1 is 1.14 bits per heavy atom. The first-order valence-corrected chi connectivity index (χ1v) is 9.77. The van der Waals surface area contributed by atoms with E-state index in [0.29, 0.717) is 24.5 Å². The third-order valence-electron chi connectivity index (χ3n) is 4.55. The zero-order chi connectivity index (χ0) is 20.5. The quantitative estimate of drug-likeness (QED) is 0.684. The Morgan fingerprint density at radius 2 is 1.82 bits per heavy atom. The standard InChI is InChI=1S/C22H27ClN2O3/c1-4-7-21(26)25(15-17-10-12-19(28-3)13-11-17)16(2)22(27)24-14-18-8-5-6-9-20(18)23/h5-6,8-13,16H,4,7,14-15H2,1-3H3,(H,24,27)/t16-/m1/s1. The lowest BCUT2D eigenvalue weighted by Crippen LogP contribution is -2.47. The van der Waals surface area contributed by atoms with Crippen LogP contribution in [0.4, 0.5) is 0 Å². The summed E-state index contributed by atoms with van der Waals surface area (Å²) < 4.78 is 5.17. The van der Waals surface area contributed by atoms with E-state index in [9.17, 15) is 9.59 Å². The van der Waals surface area contributed by atoms with Crippen LogP contribution in [0.15, 0.2) is 48.5 Å². The number of hydrogen-bond acceptors (Lipinski definition) is 3.